The minimum absolute atomic E-state index is 0.305. The van der Waals surface area contributed by atoms with E-state index < -0.39 is 6.10 Å². The van der Waals surface area contributed by atoms with Crippen molar-refractivity contribution in [3.8, 4) is 16.9 Å². The van der Waals surface area contributed by atoms with E-state index in [1.165, 1.54) is 6.07 Å². The van der Waals surface area contributed by atoms with E-state index in [1.54, 1.807) is 25.4 Å². The van der Waals surface area contributed by atoms with Gasteiger partial charge in [0.1, 0.15) is 11.6 Å². The summed E-state index contributed by atoms with van der Waals surface area (Å²) in [5.41, 5.74) is 2.89. The number of hydrogen-bond acceptors (Lipinski definition) is 3. The first-order chi connectivity index (χ1) is 9.19. The quantitative estimate of drug-likeness (QED) is 0.901. The molecule has 0 saturated heterocycles. The zero-order valence-corrected chi connectivity index (χ0v) is 10.6. The van der Waals surface area contributed by atoms with Gasteiger partial charge < -0.3 is 9.84 Å². The topological polar surface area (TPSA) is 42.4 Å². The van der Waals surface area contributed by atoms with Crippen LogP contribution in [0.25, 0.3) is 11.1 Å². The second kappa shape index (κ2) is 4.63. The predicted molar refractivity (Wildman–Crippen MR) is 69.5 cm³/mol. The number of aromatic nitrogens is 1. The first kappa shape index (κ1) is 12.1. The molecule has 3 rings (SSSR count). The van der Waals surface area contributed by atoms with Crippen LogP contribution in [-0.2, 0) is 6.42 Å². The van der Waals surface area contributed by atoms with Crippen LogP contribution in [0.1, 0.15) is 23.8 Å². The van der Waals surface area contributed by atoms with E-state index in [0.717, 1.165) is 12.0 Å². The third-order valence-electron chi connectivity index (χ3n) is 3.49. The molecule has 0 bridgehead atoms. The van der Waals surface area contributed by atoms with Crippen molar-refractivity contribution in [2.75, 3.05) is 7.11 Å². The van der Waals surface area contributed by atoms with Gasteiger partial charge in [0.15, 0.2) is 0 Å². The van der Waals surface area contributed by atoms with Gasteiger partial charge >= 0.3 is 0 Å². The number of ether oxygens (including phenoxy) is 1. The van der Waals surface area contributed by atoms with E-state index in [-0.39, 0.29) is 5.82 Å². The smallest absolute Gasteiger partial charge is 0.131 e. The molecule has 1 aliphatic rings. The molecule has 19 heavy (non-hydrogen) atoms. The number of pyridine rings is 1. The van der Waals surface area contributed by atoms with Gasteiger partial charge in [-0.05, 0) is 42.7 Å². The Balaban J connectivity index is 2.08. The summed E-state index contributed by atoms with van der Waals surface area (Å²) in [5, 5.41) is 9.72. The zero-order valence-electron chi connectivity index (χ0n) is 10.6. The molecule has 0 saturated carbocycles. The lowest BCUT2D eigenvalue weighted by atomic mass is 10.0. The lowest BCUT2D eigenvalue weighted by molar-refractivity contribution is 0.176. The van der Waals surface area contributed by atoms with Crippen molar-refractivity contribution >= 4 is 0 Å². The first-order valence-corrected chi connectivity index (χ1v) is 6.20. The highest BCUT2D eigenvalue weighted by Crippen LogP contribution is 2.33. The van der Waals surface area contributed by atoms with Crippen molar-refractivity contribution in [1.29, 1.82) is 0 Å². The maximum Gasteiger partial charge on any atom is 0.131 e. The molecule has 3 nitrogen and oxygen atoms in total. The molecule has 1 N–H and O–H groups in total. The van der Waals surface area contributed by atoms with Crippen LogP contribution in [0.2, 0.25) is 0 Å². The number of methoxy groups -OCH3 is 1. The summed E-state index contributed by atoms with van der Waals surface area (Å²) in [6.45, 7) is 0. The lowest BCUT2D eigenvalue weighted by Crippen LogP contribution is -1.96. The fourth-order valence-corrected chi connectivity index (χ4v) is 2.45. The number of aliphatic hydroxyl groups excluding tert-OH is 1. The molecule has 0 amide bonds. The van der Waals surface area contributed by atoms with Gasteiger partial charge in [-0.3, -0.25) is 4.98 Å². The molecule has 0 radical (unpaired) electrons. The molecular weight excluding hydrogens is 245 g/mol. The summed E-state index contributed by atoms with van der Waals surface area (Å²) >= 11 is 0. The summed E-state index contributed by atoms with van der Waals surface area (Å²) < 4.78 is 19.0. The largest absolute Gasteiger partial charge is 0.497 e. The van der Waals surface area contributed by atoms with Crippen LogP contribution in [0.15, 0.2) is 30.5 Å². The molecule has 2 aromatic rings. The zero-order chi connectivity index (χ0) is 13.4. The maximum atomic E-state index is 13.9. The van der Waals surface area contributed by atoms with Crippen molar-refractivity contribution in [2.24, 2.45) is 0 Å². The van der Waals surface area contributed by atoms with E-state index in [1.807, 2.05) is 6.07 Å². The SMILES string of the molecule is COc1ccc(F)c(-c2cnc3c(c2)CC[C@@H]3O)c1. The number of aryl methyl sites for hydroxylation is 1. The maximum absolute atomic E-state index is 13.9. The van der Waals surface area contributed by atoms with Crippen LogP contribution < -0.4 is 4.74 Å². The predicted octanol–water partition coefficient (Wildman–Crippen LogP) is 2.88. The Morgan fingerprint density at radius 3 is 3.00 bits per heavy atom. The van der Waals surface area contributed by atoms with Crippen molar-refractivity contribution in [3.63, 3.8) is 0 Å². The Bertz CT molecular complexity index is 628. The van der Waals surface area contributed by atoms with Gasteiger partial charge in [0.25, 0.3) is 0 Å². The van der Waals surface area contributed by atoms with Crippen LogP contribution in [0.4, 0.5) is 4.39 Å². The van der Waals surface area contributed by atoms with Gasteiger partial charge in [0.2, 0.25) is 0 Å². The van der Waals surface area contributed by atoms with E-state index in [4.69, 9.17) is 4.74 Å². The number of fused-ring (bicyclic) bond motifs is 1. The second-order valence-electron chi connectivity index (χ2n) is 4.67. The highest BCUT2D eigenvalue weighted by Gasteiger charge is 2.22. The number of halogens is 1. The Kier molecular flexibility index (Phi) is 2.95. The van der Waals surface area contributed by atoms with E-state index >= 15 is 0 Å². The number of nitrogens with zero attached hydrogens (tertiary/aromatic N) is 1. The van der Waals surface area contributed by atoms with Crippen LogP contribution in [0.3, 0.4) is 0 Å². The summed E-state index contributed by atoms with van der Waals surface area (Å²) in [7, 11) is 1.55. The van der Waals surface area contributed by atoms with Crippen molar-refractivity contribution in [3.05, 3.63) is 47.5 Å². The van der Waals surface area contributed by atoms with Crippen LogP contribution >= 0.6 is 0 Å². The highest BCUT2D eigenvalue weighted by molar-refractivity contribution is 5.66. The minimum Gasteiger partial charge on any atom is -0.497 e. The van der Waals surface area contributed by atoms with Crippen LogP contribution in [0, 0.1) is 5.82 Å². The van der Waals surface area contributed by atoms with Crippen LogP contribution in [0.5, 0.6) is 5.75 Å². The van der Waals surface area contributed by atoms with Gasteiger partial charge in [-0.25, -0.2) is 4.39 Å². The molecule has 4 heteroatoms. The summed E-state index contributed by atoms with van der Waals surface area (Å²) in [4.78, 5) is 4.26. The fourth-order valence-electron chi connectivity index (χ4n) is 2.45. The molecule has 1 aromatic carbocycles. The molecule has 1 aliphatic carbocycles. The number of rotatable bonds is 2. The molecule has 1 heterocycles. The van der Waals surface area contributed by atoms with Crippen molar-refractivity contribution in [2.45, 2.75) is 18.9 Å². The lowest BCUT2D eigenvalue weighted by Gasteiger charge is -2.08. The van der Waals surface area contributed by atoms with Crippen molar-refractivity contribution in [1.82, 2.24) is 4.98 Å². The standard InChI is InChI=1S/C15H14FNO2/c1-19-11-3-4-13(16)12(7-11)10-6-9-2-5-14(18)15(9)17-8-10/h3-4,6-8,14,18H,2,5H2,1H3/t14-/m0/s1. The fraction of sp³-hybridized carbons (Fsp3) is 0.267. The molecule has 0 unspecified atom stereocenters. The van der Waals surface area contributed by atoms with Gasteiger partial charge in [-0.15, -0.1) is 0 Å². The number of benzene rings is 1. The Labute approximate surface area is 110 Å². The highest BCUT2D eigenvalue weighted by atomic mass is 19.1. The average molecular weight is 259 g/mol. The van der Waals surface area contributed by atoms with Crippen LogP contribution in [-0.4, -0.2) is 17.2 Å². The monoisotopic (exact) mass is 259 g/mol. The van der Waals surface area contributed by atoms with E-state index in [9.17, 15) is 9.50 Å². The molecule has 0 spiro atoms. The van der Waals surface area contributed by atoms with Gasteiger partial charge in [0.05, 0.1) is 18.9 Å². The minimum atomic E-state index is -0.487. The Morgan fingerprint density at radius 1 is 1.37 bits per heavy atom. The number of hydrogen-bond donors (Lipinski definition) is 1. The third-order valence-corrected chi connectivity index (χ3v) is 3.49. The second-order valence-corrected chi connectivity index (χ2v) is 4.67. The molecule has 1 atom stereocenters. The van der Waals surface area contributed by atoms with Crippen molar-refractivity contribution < 1.29 is 14.2 Å². The average Bonchev–Trinajstić information content (AvgIpc) is 2.80. The molecule has 0 aliphatic heterocycles. The summed E-state index contributed by atoms with van der Waals surface area (Å²) in [5.74, 6) is 0.304. The first-order valence-electron chi connectivity index (χ1n) is 6.20. The van der Waals surface area contributed by atoms with Gasteiger partial charge in [0, 0.05) is 17.3 Å². The van der Waals surface area contributed by atoms with Gasteiger partial charge in [-0.1, -0.05) is 0 Å². The van der Waals surface area contributed by atoms with E-state index in [0.29, 0.717) is 29.0 Å². The summed E-state index contributed by atoms with van der Waals surface area (Å²) in [6.07, 6.45) is 2.58. The van der Waals surface area contributed by atoms with E-state index in [2.05, 4.69) is 4.98 Å². The molecule has 0 fully saturated rings. The third kappa shape index (κ3) is 2.08. The summed E-state index contributed by atoms with van der Waals surface area (Å²) in [6, 6.07) is 6.53. The molecular formula is C15H14FNO2. The molecule has 1 aromatic heterocycles. The Morgan fingerprint density at radius 2 is 2.21 bits per heavy atom. The Hall–Kier alpha value is -1.94. The molecule has 98 valence electrons. The number of aliphatic hydroxyl groups is 1. The van der Waals surface area contributed by atoms with Gasteiger partial charge in [-0.2, -0.15) is 0 Å². The normalized spacial score (nSPS) is 17.3.